The average molecular weight is 242 g/mol. The van der Waals surface area contributed by atoms with E-state index in [0.717, 1.165) is 31.0 Å². The van der Waals surface area contributed by atoms with Gasteiger partial charge in [0.05, 0.1) is 6.61 Å². The molecule has 1 aromatic heterocycles. The Hall–Kier alpha value is -2.03. The average Bonchev–Trinajstić information content (AvgIpc) is 2.45. The van der Waals surface area contributed by atoms with Gasteiger partial charge in [0.2, 0.25) is 0 Å². The van der Waals surface area contributed by atoms with Gasteiger partial charge in [-0.25, -0.2) is 0 Å². The molecule has 0 saturated carbocycles. The number of nitrogens with one attached hydrogen (secondary N) is 1. The summed E-state index contributed by atoms with van der Waals surface area (Å²) >= 11 is 0. The van der Waals surface area contributed by atoms with Crippen LogP contribution in [0.2, 0.25) is 0 Å². The number of nitrogens with zero attached hydrogens (tertiary/aromatic N) is 1. The van der Waals surface area contributed by atoms with Crippen molar-refractivity contribution in [2.45, 2.75) is 19.9 Å². The molecule has 0 bridgehead atoms. The van der Waals surface area contributed by atoms with Crippen LogP contribution in [-0.2, 0) is 6.54 Å². The first-order valence-corrected chi connectivity index (χ1v) is 6.24. The number of rotatable bonds is 6. The monoisotopic (exact) mass is 242 g/mol. The Morgan fingerprint density at radius 1 is 1.17 bits per heavy atom. The molecule has 0 aliphatic rings. The van der Waals surface area contributed by atoms with Crippen LogP contribution in [0.3, 0.4) is 0 Å². The normalized spacial score (nSPS) is 10.1. The molecule has 94 valence electrons. The Kier molecular flexibility index (Phi) is 4.59. The first kappa shape index (κ1) is 12.4. The van der Waals surface area contributed by atoms with Gasteiger partial charge < -0.3 is 10.1 Å². The number of pyridine rings is 1. The molecule has 2 rings (SSSR count). The summed E-state index contributed by atoms with van der Waals surface area (Å²) in [6, 6.07) is 12.0. The molecule has 0 spiro atoms. The molecule has 0 aliphatic heterocycles. The highest BCUT2D eigenvalue weighted by atomic mass is 16.5. The van der Waals surface area contributed by atoms with Crippen LogP contribution in [0.25, 0.3) is 0 Å². The fraction of sp³-hybridized carbons (Fsp3) is 0.267. The quantitative estimate of drug-likeness (QED) is 0.842. The summed E-state index contributed by atoms with van der Waals surface area (Å²) in [5, 5.41) is 3.35. The molecule has 1 heterocycles. The van der Waals surface area contributed by atoms with E-state index in [4.69, 9.17) is 4.74 Å². The van der Waals surface area contributed by atoms with Crippen LogP contribution >= 0.6 is 0 Å². The second kappa shape index (κ2) is 6.64. The molecule has 0 saturated heterocycles. The predicted octanol–water partition coefficient (Wildman–Crippen LogP) is 3.48. The van der Waals surface area contributed by atoms with Crippen molar-refractivity contribution < 1.29 is 4.74 Å². The molecule has 0 radical (unpaired) electrons. The highest BCUT2D eigenvalue weighted by molar-refractivity contribution is 5.46. The lowest BCUT2D eigenvalue weighted by Crippen LogP contribution is -2.00. The van der Waals surface area contributed by atoms with Crippen LogP contribution in [0.1, 0.15) is 18.9 Å². The Labute approximate surface area is 108 Å². The summed E-state index contributed by atoms with van der Waals surface area (Å²) in [4.78, 5) is 4.08. The highest BCUT2D eigenvalue weighted by Crippen LogP contribution is 2.16. The lowest BCUT2D eigenvalue weighted by Gasteiger charge is -2.08. The maximum Gasteiger partial charge on any atom is 0.119 e. The van der Waals surface area contributed by atoms with E-state index >= 15 is 0 Å². The third kappa shape index (κ3) is 3.77. The Morgan fingerprint density at radius 2 is 2.00 bits per heavy atom. The molecule has 0 unspecified atom stereocenters. The van der Waals surface area contributed by atoms with Gasteiger partial charge in [-0.05, 0) is 42.3 Å². The van der Waals surface area contributed by atoms with Crippen molar-refractivity contribution in [3.63, 3.8) is 0 Å². The van der Waals surface area contributed by atoms with Crippen molar-refractivity contribution in [2.75, 3.05) is 11.9 Å². The molecule has 18 heavy (non-hydrogen) atoms. The maximum atomic E-state index is 5.54. The number of anilines is 1. The van der Waals surface area contributed by atoms with Crippen LogP contribution in [0.15, 0.2) is 48.8 Å². The minimum atomic E-state index is 0.766. The second-order valence-corrected chi connectivity index (χ2v) is 4.09. The molecular formula is C15H18N2O. The zero-order valence-corrected chi connectivity index (χ0v) is 10.6. The molecule has 1 aromatic carbocycles. The fourth-order valence-corrected chi connectivity index (χ4v) is 1.60. The molecule has 0 atom stereocenters. The van der Waals surface area contributed by atoms with Crippen molar-refractivity contribution in [3.05, 3.63) is 54.4 Å². The summed E-state index contributed by atoms with van der Waals surface area (Å²) in [6.45, 7) is 3.65. The predicted molar refractivity (Wildman–Crippen MR) is 73.8 cm³/mol. The van der Waals surface area contributed by atoms with Crippen molar-refractivity contribution in [1.82, 2.24) is 4.98 Å². The number of ether oxygens (including phenoxy) is 1. The number of hydrogen-bond donors (Lipinski definition) is 1. The number of hydrogen-bond acceptors (Lipinski definition) is 3. The maximum absolute atomic E-state index is 5.54. The molecule has 2 aromatic rings. The van der Waals surface area contributed by atoms with E-state index in [0.29, 0.717) is 0 Å². The van der Waals surface area contributed by atoms with Crippen molar-refractivity contribution >= 4 is 5.69 Å². The van der Waals surface area contributed by atoms with Crippen molar-refractivity contribution in [3.8, 4) is 5.75 Å². The topological polar surface area (TPSA) is 34.1 Å². The number of benzene rings is 1. The molecule has 3 nitrogen and oxygen atoms in total. The largest absolute Gasteiger partial charge is 0.494 e. The first-order valence-electron chi connectivity index (χ1n) is 6.24. The molecule has 0 aliphatic carbocycles. The number of aromatic nitrogens is 1. The lowest BCUT2D eigenvalue weighted by molar-refractivity contribution is 0.317. The van der Waals surface area contributed by atoms with E-state index in [1.807, 2.05) is 36.5 Å². The highest BCUT2D eigenvalue weighted by Gasteiger charge is 1.96. The third-order valence-corrected chi connectivity index (χ3v) is 2.55. The Morgan fingerprint density at radius 3 is 2.67 bits per heavy atom. The van der Waals surface area contributed by atoms with Gasteiger partial charge in [0.25, 0.3) is 0 Å². The van der Waals surface area contributed by atoms with Crippen LogP contribution < -0.4 is 10.1 Å². The van der Waals surface area contributed by atoms with Crippen LogP contribution in [-0.4, -0.2) is 11.6 Å². The molecule has 0 fully saturated rings. The van der Waals surface area contributed by atoms with Crippen LogP contribution in [0.5, 0.6) is 5.75 Å². The smallest absolute Gasteiger partial charge is 0.119 e. The first-order chi connectivity index (χ1) is 8.88. The van der Waals surface area contributed by atoms with E-state index in [1.54, 1.807) is 6.20 Å². The molecule has 1 N–H and O–H groups in total. The summed E-state index contributed by atoms with van der Waals surface area (Å²) in [5.41, 5.74) is 2.26. The third-order valence-electron chi connectivity index (χ3n) is 2.55. The van der Waals surface area contributed by atoms with Gasteiger partial charge in [-0.15, -0.1) is 0 Å². The summed E-state index contributed by atoms with van der Waals surface area (Å²) < 4.78 is 5.54. The molecule has 3 heteroatoms. The van der Waals surface area contributed by atoms with E-state index in [-0.39, 0.29) is 0 Å². The second-order valence-electron chi connectivity index (χ2n) is 4.09. The lowest BCUT2D eigenvalue weighted by atomic mass is 10.2. The van der Waals surface area contributed by atoms with Gasteiger partial charge >= 0.3 is 0 Å². The summed E-state index contributed by atoms with van der Waals surface area (Å²) in [5.74, 6) is 0.920. The van der Waals surface area contributed by atoms with E-state index < -0.39 is 0 Å². The zero-order chi connectivity index (χ0) is 12.6. The minimum absolute atomic E-state index is 0.766. The zero-order valence-electron chi connectivity index (χ0n) is 10.6. The van der Waals surface area contributed by atoms with Gasteiger partial charge in [-0.3, -0.25) is 4.98 Å². The Bertz CT molecular complexity index is 454. The minimum Gasteiger partial charge on any atom is -0.494 e. The Balaban J connectivity index is 1.86. The van der Waals surface area contributed by atoms with Crippen LogP contribution in [0.4, 0.5) is 5.69 Å². The van der Waals surface area contributed by atoms with Gasteiger partial charge in [-0.1, -0.05) is 13.0 Å². The van der Waals surface area contributed by atoms with Crippen molar-refractivity contribution in [1.29, 1.82) is 0 Å². The van der Waals surface area contributed by atoms with Crippen LogP contribution in [0, 0.1) is 0 Å². The SMILES string of the molecule is CCCOc1ccc(NCc2cccnc2)cc1. The standard InChI is InChI=1S/C15H18N2O/c1-2-10-18-15-7-5-14(6-8-15)17-12-13-4-3-9-16-11-13/h3-9,11,17H,2,10,12H2,1H3. The summed E-state index contributed by atoms with van der Waals surface area (Å²) in [7, 11) is 0. The van der Waals surface area contributed by atoms with Gasteiger partial charge in [0.15, 0.2) is 0 Å². The van der Waals surface area contributed by atoms with E-state index in [2.05, 4.69) is 23.3 Å². The fourth-order valence-electron chi connectivity index (χ4n) is 1.60. The van der Waals surface area contributed by atoms with Gasteiger partial charge in [0, 0.05) is 24.6 Å². The van der Waals surface area contributed by atoms with Gasteiger partial charge in [-0.2, -0.15) is 0 Å². The van der Waals surface area contributed by atoms with E-state index in [1.165, 1.54) is 5.56 Å². The van der Waals surface area contributed by atoms with E-state index in [9.17, 15) is 0 Å². The summed E-state index contributed by atoms with van der Waals surface area (Å²) in [6.07, 6.45) is 4.68. The molecular weight excluding hydrogens is 224 g/mol. The molecule has 0 amide bonds. The van der Waals surface area contributed by atoms with Gasteiger partial charge in [0.1, 0.15) is 5.75 Å². The van der Waals surface area contributed by atoms with Crippen molar-refractivity contribution in [2.24, 2.45) is 0 Å².